The Bertz CT molecular complexity index is 809. The highest BCUT2D eigenvalue weighted by molar-refractivity contribution is 5.94. The number of carbonyl (C=O) groups excluding carboxylic acids is 1. The monoisotopic (exact) mass is 295 g/mol. The van der Waals surface area contributed by atoms with Gasteiger partial charge >= 0.3 is 0 Å². The lowest BCUT2D eigenvalue weighted by molar-refractivity contribution is 0.0944. The number of aromatic nitrogens is 2. The Hall–Kier alpha value is -2.82. The van der Waals surface area contributed by atoms with Gasteiger partial charge in [0.2, 0.25) is 0 Å². The molecule has 3 rings (SSSR count). The molecule has 0 aliphatic heterocycles. The van der Waals surface area contributed by atoms with E-state index in [0.717, 1.165) is 5.56 Å². The van der Waals surface area contributed by atoms with Crippen molar-refractivity contribution in [2.75, 3.05) is 7.11 Å². The molecule has 1 amide bonds. The first-order valence-electron chi connectivity index (χ1n) is 7.04. The van der Waals surface area contributed by atoms with E-state index < -0.39 is 0 Å². The number of fused-ring (bicyclic) bond motifs is 1. The molecule has 0 radical (unpaired) electrons. The van der Waals surface area contributed by atoms with Crippen molar-refractivity contribution in [2.45, 2.75) is 13.5 Å². The number of aryl methyl sites for hydroxylation is 1. The number of benzene rings is 1. The zero-order valence-corrected chi connectivity index (χ0v) is 12.5. The van der Waals surface area contributed by atoms with Gasteiger partial charge in [-0.1, -0.05) is 30.3 Å². The summed E-state index contributed by atoms with van der Waals surface area (Å²) >= 11 is 0. The van der Waals surface area contributed by atoms with Gasteiger partial charge in [0.15, 0.2) is 0 Å². The first-order valence-corrected chi connectivity index (χ1v) is 7.04. The molecular formula is C17H17N3O2. The second-order valence-electron chi connectivity index (χ2n) is 5.01. The smallest absolute Gasteiger partial charge is 0.270 e. The lowest BCUT2D eigenvalue weighted by Gasteiger charge is -2.06. The van der Waals surface area contributed by atoms with E-state index in [4.69, 9.17) is 4.74 Å². The number of pyridine rings is 1. The molecule has 0 saturated heterocycles. The molecule has 0 aliphatic carbocycles. The third kappa shape index (κ3) is 2.65. The maximum absolute atomic E-state index is 12.5. The van der Waals surface area contributed by atoms with Crippen LogP contribution in [-0.2, 0) is 6.54 Å². The summed E-state index contributed by atoms with van der Waals surface area (Å²) in [6.45, 7) is 2.32. The summed E-state index contributed by atoms with van der Waals surface area (Å²) in [7, 11) is 1.61. The zero-order chi connectivity index (χ0) is 15.5. The van der Waals surface area contributed by atoms with E-state index in [1.807, 2.05) is 43.3 Å². The number of rotatable bonds is 4. The van der Waals surface area contributed by atoms with Crippen LogP contribution in [0.4, 0.5) is 0 Å². The number of imidazole rings is 1. The fraction of sp³-hybridized carbons (Fsp3) is 0.176. The SMILES string of the molecule is COc1ccn2c(C(=O)NCc3ccccc3)c(C)nc2c1. The topological polar surface area (TPSA) is 55.6 Å². The van der Waals surface area contributed by atoms with E-state index in [0.29, 0.717) is 29.3 Å². The predicted octanol–water partition coefficient (Wildman–Crippen LogP) is 2.58. The minimum atomic E-state index is -0.140. The molecule has 22 heavy (non-hydrogen) atoms. The number of methoxy groups -OCH3 is 1. The van der Waals surface area contributed by atoms with Crippen LogP contribution in [0, 0.1) is 6.92 Å². The van der Waals surface area contributed by atoms with E-state index in [2.05, 4.69) is 10.3 Å². The van der Waals surface area contributed by atoms with E-state index in [1.54, 1.807) is 23.8 Å². The number of hydrogen-bond acceptors (Lipinski definition) is 3. The summed E-state index contributed by atoms with van der Waals surface area (Å²) in [6.07, 6.45) is 1.80. The van der Waals surface area contributed by atoms with Gasteiger partial charge in [-0.2, -0.15) is 0 Å². The first-order chi connectivity index (χ1) is 10.7. The largest absolute Gasteiger partial charge is 0.497 e. The van der Waals surface area contributed by atoms with Crippen LogP contribution in [-0.4, -0.2) is 22.4 Å². The van der Waals surface area contributed by atoms with Gasteiger partial charge in [0, 0.05) is 18.8 Å². The molecule has 1 N–H and O–H groups in total. The molecule has 0 bridgehead atoms. The standard InChI is InChI=1S/C17H17N3O2/c1-12-16(17(21)18-11-13-6-4-3-5-7-13)20-9-8-14(22-2)10-15(20)19-12/h3-10H,11H2,1-2H3,(H,18,21). The molecule has 2 heterocycles. The van der Waals surface area contributed by atoms with Crippen molar-refractivity contribution in [1.29, 1.82) is 0 Å². The van der Waals surface area contributed by atoms with E-state index in [9.17, 15) is 4.79 Å². The lowest BCUT2D eigenvalue weighted by Crippen LogP contribution is -2.24. The molecule has 5 nitrogen and oxygen atoms in total. The Labute approximate surface area is 128 Å². The van der Waals surface area contributed by atoms with E-state index >= 15 is 0 Å². The lowest BCUT2D eigenvalue weighted by atomic mass is 10.2. The summed E-state index contributed by atoms with van der Waals surface area (Å²) in [6, 6.07) is 13.4. The maximum Gasteiger partial charge on any atom is 0.270 e. The Morgan fingerprint density at radius 1 is 1.27 bits per heavy atom. The molecule has 0 fully saturated rings. The van der Waals surface area contributed by atoms with Gasteiger partial charge in [0.1, 0.15) is 17.1 Å². The molecule has 5 heteroatoms. The highest BCUT2D eigenvalue weighted by Gasteiger charge is 2.16. The van der Waals surface area contributed by atoms with Crippen molar-refractivity contribution in [2.24, 2.45) is 0 Å². The molecule has 2 aromatic heterocycles. The minimum absolute atomic E-state index is 0.140. The summed E-state index contributed by atoms with van der Waals surface area (Å²) in [5, 5.41) is 2.93. The molecule has 0 unspecified atom stereocenters. The van der Waals surface area contributed by atoms with Gasteiger partial charge in [-0.25, -0.2) is 4.98 Å². The van der Waals surface area contributed by atoms with Gasteiger partial charge in [0.25, 0.3) is 5.91 Å². The minimum Gasteiger partial charge on any atom is -0.497 e. The molecule has 0 saturated carbocycles. The van der Waals surface area contributed by atoms with Gasteiger partial charge in [-0.15, -0.1) is 0 Å². The van der Waals surface area contributed by atoms with Crippen LogP contribution in [0.3, 0.4) is 0 Å². The second-order valence-corrected chi connectivity index (χ2v) is 5.01. The molecule has 1 aromatic carbocycles. The predicted molar refractivity (Wildman–Crippen MR) is 84.1 cm³/mol. The van der Waals surface area contributed by atoms with Gasteiger partial charge in [-0.05, 0) is 18.6 Å². The fourth-order valence-corrected chi connectivity index (χ4v) is 2.41. The van der Waals surface area contributed by atoms with Crippen LogP contribution in [0.2, 0.25) is 0 Å². The molecule has 0 atom stereocenters. The van der Waals surface area contributed by atoms with Gasteiger partial charge < -0.3 is 10.1 Å². The summed E-state index contributed by atoms with van der Waals surface area (Å²) in [4.78, 5) is 16.9. The zero-order valence-electron chi connectivity index (χ0n) is 12.5. The van der Waals surface area contributed by atoms with Crippen molar-refractivity contribution < 1.29 is 9.53 Å². The van der Waals surface area contributed by atoms with Crippen molar-refractivity contribution in [3.8, 4) is 5.75 Å². The summed E-state index contributed by atoms with van der Waals surface area (Å²) < 4.78 is 6.96. The fourth-order valence-electron chi connectivity index (χ4n) is 2.41. The number of ether oxygens (including phenoxy) is 1. The van der Waals surface area contributed by atoms with Crippen LogP contribution in [0.1, 0.15) is 21.7 Å². The number of hydrogen-bond donors (Lipinski definition) is 1. The molecule has 3 aromatic rings. The molecule has 0 aliphatic rings. The molecule has 0 spiro atoms. The van der Waals surface area contributed by atoms with E-state index in [1.165, 1.54) is 0 Å². The van der Waals surface area contributed by atoms with Crippen molar-refractivity contribution in [1.82, 2.24) is 14.7 Å². The third-order valence-corrected chi connectivity index (χ3v) is 3.52. The van der Waals surface area contributed by atoms with Crippen molar-refractivity contribution >= 4 is 11.6 Å². The second kappa shape index (κ2) is 5.89. The highest BCUT2D eigenvalue weighted by atomic mass is 16.5. The number of carbonyl (C=O) groups is 1. The third-order valence-electron chi connectivity index (χ3n) is 3.52. The first kappa shape index (κ1) is 14.1. The Morgan fingerprint density at radius 2 is 2.05 bits per heavy atom. The molecule has 112 valence electrons. The van der Waals surface area contributed by atoms with Crippen molar-refractivity contribution in [3.05, 3.63) is 65.6 Å². The van der Waals surface area contributed by atoms with Crippen LogP contribution in [0.5, 0.6) is 5.75 Å². The van der Waals surface area contributed by atoms with Crippen molar-refractivity contribution in [3.63, 3.8) is 0 Å². The summed E-state index contributed by atoms with van der Waals surface area (Å²) in [5.74, 6) is 0.577. The number of nitrogens with zero attached hydrogens (tertiary/aromatic N) is 2. The Morgan fingerprint density at radius 3 is 2.77 bits per heavy atom. The maximum atomic E-state index is 12.5. The average molecular weight is 295 g/mol. The van der Waals surface area contributed by atoms with E-state index in [-0.39, 0.29) is 5.91 Å². The van der Waals surface area contributed by atoms with Gasteiger partial charge in [0.05, 0.1) is 12.8 Å². The van der Waals surface area contributed by atoms with Crippen LogP contribution >= 0.6 is 0 Å². The van der Waals surface area contributed by atoms with Crippen LogP contribution in [0.25, 0.3) is 5.65 Å². The van der Waals surface area contributed by atoms with Crippen LogP contribution < -0.4 is 10.1 Å². The highest BCUT2D eigenvalue weighted by Crippen LogP contribution is 2.17. The van der Waals surface area contributed by atoms with Crippen LogP contribution in [0.15, 0.2) is 48.7 Å². The average Bonchev–Trinajstić information content (AvgIpc) is 2.88. The number of nitrogens with one attached hydrogen (secondary N) is 1. The Kier molecular flexibility index (Phi) is 3.78. The van der Waals surface area contributed by atoms with Gasteiger partial charge in [-0.3, -0.25) is 9.20 Å². The molecular weight excluding hydrogens is 278 g/mol. The summed E-state index contributed by atoms with van der Waals surface area (Å²) in [5.41, 5.74) is 3.00. The number of amides is 1. The quantitative estimate of drug-likeness (QED) is 0.805. The Balaban J connectivity index is 1.86. The normalized spacial score (nSPS) is 10.6.